The molecular formula is C15H23NO. The molecule has 0 bridgehead atoms. The highest BCUT2D eigenvalue weighted by molar-refractivity contribution is 5.28. The van der Waals surface area contributed by atoms with Crippen LogP contribution in [0.4, 0.5) is 0 Å². The molecule has 1 fully saturated rings. The lowest BCUT2D eigenvalue weighted by Crippen LogP contribution is -2.26. The molecule has 1 aromatic carbocycles. The molecule has 1 aliphatic carbocycles. The van der Waals surface area contributed by atoms with Crippen molar-refractivity contribution in [1.82, 2.24) is 4.90 Å². The maximum atomic E-state index is 5.27. The van der Waals surface area contributed by atoms with Crippen molar-refractivity contribution >= 4 is 0 Å². The van der Waals surface area contributed by atoms with Crippen molar-refractivity contribution in [3.05, 3.63) is 29.8 Å². The molecule has 0 spiro atoms. The van der Waals surface area contributed by atoms with Crippen molar-refractivity contribution < 1.29 is 4.74 Å². The molecule has 0 aliphatic heterocycles. The highest BCUT2D eigenvalue weighted by atomic mass is 16.5. The largest absolute Gasteiger partial charge is 0.497 e. The lowest BCUT2D eigenvalue weighted by atomic mass is 10.2. The van der Waals surface area contributed by atoms with Gasteiger partial charge in [-0.3, -0.25) is 4.90 Å². The Kier molecular flexibility index (Phi) is 4.43. The minimum absolute atomic E-state index is 0.963. The summed E-state index contributed by atoms with van der Waals surface area (Å²) in [5.74, 6) is 1.93. The molecule has 0 unspecified atom stereocenters. The van der Waals surface area contributed by atoms with E-state index in [4.69, 9.17) is 4.74 Å². The summed E-state index contributed by atoms with van der Waals surface area (Å²) in [6.45, 7) is 5.78. The van der Waals surface area contributed by atoms with Crippen molar-refractivity contribution in [2.75, 3.05) is 20.2 Å². The zero-order chi connectivity index (χ0) is 12.1. The Morgan fingerprint density at radius 2 is 2.18 bits per heavy atom. The van der Waals surface area contributed by atoms with Crippen LogP contribution in [0.5, 0.6) is 5.75 Å². The number of benzene rings is 1. The predicted molar refractivity (Wildman–Crippen MR) is 71.3 cm³/mol. The zero-order valence-corrected chi connectivity index (χ0v) is 11.0. The third-order valence-corrected chi connectivity index (χ3v) is 3.29. The number of nitrogens with zero attached hydrogens (tertiary/aromatic N) is 1. The van der Waals surface area contributed by atoms with Crippen LogP contribution in [0, 0.1) is 5.92 Å². The fourth-order valence-corrected chi connectivity index (χ4v) is 2.25. The molecule has 1 saturated carbocycles. The molecule has 94 valence electrons. The van der Waals surface area contributed by atoms with Crippen LogP contribution >= 0.6 is 0 Å². The summed E-state index contributed by atoms with van der Waals surface area (Å²) in [7, 11) is 1.73. The summed E-state index contributed by atoms with van der Waals surface area (Å²) in [6, 6.07) is 8.43. The van der Waals surface area contributed by atoms with Gasteiger partial charge in [0, 0.05) is 13.1 Å². The fourth-order valence-electron chi connectivity index (χ4n) is 2.25. The lowest BCUT2D eigenvalue weighted by molar-refractivity contribution is 0.255. The summed E-state index contributed by atoms with van der Waals surface area (Å²) in [4.78, 5) is 2.58. The Bertz CT molecular complexity index is 347. The molecule has 1 aromatic rings. The molecule has 0 atom stereocenters. The molecule has 0 saturated heterocycles. The quantitative estimate of drug-likeness (QED) is 0.716. The van der Waals surface area contributed by atoms with E-state index in [0.717, 1.165) is 18.2 Å². The zero-order valence-electron chi connectivity index (χ0n) is 11.0. The molecular weight excluding hydrogens is 210 g/mol. The van der Waals surface area contributed by atoms with E-state index in [0.29, 0.717) is 0 Å². The van der Waals surface area contributed by atoms with Gasteiger partial charge < -0.3 is 4.74 Å². The molecule has 17 heavy (non-hydrogen) atoms. The fraction of sp³-hybridized carbons (Fsp3) is 0.600. The average molecular weight is 233 g/mol. The third-order valence-electron chi connectivity index (χ3n) is 3.29. The smallest absolute Gasteiger partial charge is 0.119 e. The van der Waals surface area contributed by atoms with Gasteiger partial charge in [-0.1, -0.05) is 19.1 Å². The van der Waals surface area contributed by atoms with Gasteiger partial charge in [-0.25, -0.2) is 0 Å². The van der Waals surface area contributed by atoms with Crippen LogP contribution in [0.15, 0.2) is 24.3 Å². The van der Waals surface area contributed by atoms with Gasteiger partial charge >= 0.3 is 0 Å². The standard InChI is InChI=1S/C15H23NO/c1-3-9-16(11-13-7-8-13)12-14-5-4-6-15(10-14)17-2/h4-6,10,13H,3,7-9,11-12H2,1-2H3. The maximum Gasteiger partial charge on any atom is 0.119 e. The van der Waals surface area contributed by atoms with Gasteiger partial charge in [-0.15, -0.1) is 0 Å². The number of methoxy groups -OCH3 is 1. The predicted octanol–water partition coefficient (Wildman–Crippen LogP) is 3.32. The van der Waals surface area contributed by atoms with E-state index in [2.05, 4.69) is 30.0 Å². The second-order valence-corrected chi connectivity index (χ2v) is 5.03. The molecule has 0 aromatic heterocycles. The van der Waals surface area contributed by atoms with Crippen LogP contribution < -0.4 is 4.74 Å². The summed E-state index contributed by atoms with van der Waals surface area (Å²) in [5.41, 5.74) is 1.36. The van der Waals surface area contributed by atoms with E-state index in [1.54, 1.807) is 7.11 Å². The van der Waals surface area contributed by atoms with Crippen LogP contribution in [-0.4, -0.2) is 25.1 Å². The van der Waals surface area contributed by atoms with E-state index < -0.39 is 0 Å². The Labute approximate surface area is 105 Å². The first kappa shape index (κ1) is 12.4. The molecule has 2 nitrogen and oxygen atoms in total. The SMILES string of the molecule is CCCN(Cc1cccc(OC)c1)CC1CC1. The minimum Gasteiger partial charge on any atom is -0.497 e. The van der Waals surface area contributed by atoms with Gasteiger partial charge in [-0.2, -0.15) is 0 Å². The van der Waals surface area contributed by atoms with Crippen LogP contribution in [0.25, 0.3) is 0 Å². The second-order valence-electron chi connectivity index (χ2n) is 5.03. The highest BCUT2D eigenvalue weighted by Gasteiger charge is 2.23. The van der Waals surface area contributed by atoms with Crippen molar-refractivity contribution in [2.24, 2.45) is 5.92 Å². The van der Waals surface area contributed by atoms with E-state index in [-0.39, 0.29) is 0 Å². The molecule has 2 rings (SSSR count). The Morgan fingerprint density at radius 1 is 1.35 bits per heavy atom. The molecule has 0 N–H and O–H groups in total. The second kappa shape index (κ2) is 6.06. The molecule has 1 aliphatic rings. The summed E-state index contributed by atoms with van der Waals surface area (Å²) in [6.07, 6.45) is 4.09. The Hall–Kier alpha value is -1.02. The first-order valence-electron chi connectivity index (χ1n) is 6.67. The molecule has 0 heterocycles. The van der Waals surface area contributed by atoms with Crippen molar-refractivity contribution in [1.29, 1.82) is 0 Å². The van der Waals surface area contributed by atoms with Gasteiger partial charge in [0.1, 0.15) is 5.75 Å². The molecule has 2 heteroatoms. The van der Waals surface area contributed by atoms with Crippen molar-refractivity contribution in [3.63, 3.8) is 0 Å². The average Bonchev–Trinajstić information content (AvgIpc) is 3.13. The number of ether oxygens (including phenoxy) is 1. The first-order valence-corrected chi connectivity index (χ1v) is 6.67. The van der Waals surface area contributed by atoms with Crippen LogP contribution in [-0.2, 0) is 6.54 Å². The summed E-state index contributed by atoms with van der Waals surface area (Å²) < 4.78 is 5.27. The molecule has 0 amide bonds. The molecule has 0 radical (unpaired) electrons. The number of hydrogen-bond donors (Lipinski definition) is 0. The Morgan fingerprint density at radius 3 is 2.82 bits per heavy atom. The van der Waals surface area contributed by atoms with Gasteiger partial charge in [0.2, 0.25) is 0 Å². The normalized spacial score (nSPS) is 15.2. The lowest BCUT2D eigenvalue weighted by Gasteiger charge is -2.21. The van der Waals surface area contributed by atoms with E-state index in [9.17, 15) is 0 Å². The summed E-state index contributed by atoms with van der Waals surface area (Å²) in [5, 5.41) is 0. The van der Waals surface area contributed by atoms with Crippen molar-refractivity contribution in [3.8, 4) is 5.75 Å². The highest BCUT2D eigenvalue weighted by Crippen LogP contribution is 2.30. The van der Waals surface area contributed by atoms with Gasteiger partial charge in [0.25, 0.3) is 0 Å². The monoisotopic (exact) mass is 233 g/mol. The van der Waals surface area contributed by atoms with Gasteiger partial charge in [0.05, 0.1) is 7.11 Å². The summed E-state index contributed by atoms with van der Waals surface area (Å²) >= 11 is 0. The minimum atomic E-state index is 0.963. The van der Waals surface area contributed by atoms with Crippen molar-refractivity contribution in [2.45, 2.75) is 32.7 Å². The maximum absolute atomic E-state index is 5.27. The van der Waals surface area contributed by atoms with Crippen LogP contribution in [0.1, 0.15) is 31.7 Å². The van der Waals surface area contributed by atoms with Gasteiger partial charge in [-0.05, 0) is 49.4 Å². The van der Waals surface area contributed by atoms with Crippen LogP contribution in [0.3, 0.4) is 0 Å². The Balaban J connectivity index is 1.94. The number of hydrogen-bond acceptors (Lipinski definition) is 2. The topological polar surface area (TPSA) is 12.5 Å². The third kappa shape index (κ3) is 4.04. The number of rotatable bonds is 7. The van der Waals surface area contributed by atoms with E-state index in [1.165, 1.54) is 37.9 Å². The van der Waals surface area contributed by atoms with Gasteiger partial charge in [0.15, 0.2) is 0 Å². The van der Waals surface area contributed by atoms with E-state index in [1.807, 2.05) is 6.07 Å². The van der Waals surface area contributed by atoms with Crippen LogP contribution in [0.2, 0.25) is 0 Å². The van der Waals surface area contributed by atoms with E-state index >= 15 is 0 Å². The first-order chi connectivity index (χ1) is 8.31.